The quantitative estimate of drug-likeness (QED) is 0.779. The summed E-state index contributed by atoms with van der Waals surface area (Å²) in [4.78, 5) is 0. The van der Waals surface area contributed by atoms with Crippen molar-refractivity contribution >= 4 is 0 Å². The zero-order chi connectivity index (χ0) is 11.6. The van der Waals surface area contributed by atoms with E-state index in [2.05, 4.69) is 45.0 Å². The van der Waals surface area contributed by atoms with Crippen molar-refractivity contribution in [2.75, 3.05) is 6.61 Å². The van der Waals surface area contributed by atoms with Gasteiger partial charge in [0.05, 0.1) is 12.7 Å². The fourth-order valence-corrected chi connectivity index (χ4v) is 2.13. The van der Waals surface area contributed by atoms with E-state index in [1.807, 2.05) is 6.07 Å². The van der Waals surface area contributed by atoms with Gasteiger partial charge in [0.25, 0.3) is 0 Å². The highest BCUT2D eigenvalue weighted by molar-refractivity contribution is 5.16. The predicted molar refractivity (Wildman–Crippen MR) is 64.2 cm³/mol. The molecular formula is C14H20O2. The molecule has 0 aromatic heterocycles. The molecule has 0 amide bonds. The molecule has 2 unspecified atom stereocenters. The molecule has 1 aliphatic heterocycles. The van der Waals surface area contributed by atoms with E-state index in [0.29, 0.717) is 6.61 Å². The van der Waals surface area contributed by atoms with Crippen LogP contribution in [0.2, 0.25) is 0 Å². The van der Waals surface area contributed by atoms with Crippen molar-refractivity contribution < 1.29 is 9.47 Å². The first kappa shape index (κ1) is 11.6. The van der Waals surface area contributed by atoms with Crippen LogP contribution in [0.15, 0.2) is 30.3 Å². The average Bonchev–Trinajstić information content (AvgIpc) is 2.66. The second kappa shape index (κ2) is 4.56. The Balaban J connectivity index is 2.02. The smallest absolute Gasteiger partial charge is 0.163 e. The Kier molecular flexibility index (Phi) is 3.31. The van der Waals surface area contributed by atoms with Crippen LogP contribution >= 0.6 is 0 Å². The topological polar surface area (TPSA) is 18.5 Å². The first-order valence-electron chi connectivity index (χ1n) is 5.89. The summed E-state index contributed by atoms with van der Waals surface area (Å²) in [6.07, 6.45) is 1.12. The van der Waals surface area contributed by atoms with E-state index in [9.17, 15) is 0 Å². The van der Waals surface area contributed by atoms with E-state index in [0.717, 1.165) is 6.42 Å². The fourth-order valence-electron chi connectivity index (χ4n) is 2.13. The van der Waals surface area contributed by atoms with Crippen LogP contribution in [0.3, 0.4) is 0 Å². The number of benzene rings is 1. The molecule has 0 bridgehead atoms. The van der Waals surface area contributed by atoms with Gasteiger partial charge < -0.3 is 9.47 Å². The molecule has 88 valence electrons. The van der Waals surface area contributed by atoms with Crippen molar-refractivity contribution in [3.05, 3.63) is 35.9 Å². The second-order valence-electron chi connectivity index (χ2n) is 5.26. The van der Waals surface area contributed by atoms with Crippen LogP contribution in [0.1, 0.15) is 26.3 Å². The van der Waals surface area contributed by atoms with Gasteiger partial charge in [-0.2, -0.15) is 0 Å². The van der Waals surface area contributed by atoms with Gasteiger partial charge in [-0.15, -0.1) is 0 Å². The first-order valence-corrected chi connectivity index (χ1v) is 5.89. The monoisotopic (exact) mass is 220 g/mol. The van der Waals surface area contributed by atoms with Crippen molar-refractivity contribution in [2.24, 2.45) is 5.41 Å². The van der Waals surface area contributed by atoms with Crippen molar-refractivity contribution in [1.29, 1.82) is 0 Å². The standard InChI is InChI=1S/C14H20O2/c1-11-10-15-13(16-11)14(2,3)9-12-7-5-4-6-8-12/h4-8,11,13H,9-10H2,1-3H3. The normalized spacial score (nSPS) is 25.9. The minimum Gasteiger partial charge on any atom is -0.349 e. The lowest BCUT2D eigenvalue weighted by Gasteiger charge is -2.30. The molecule has 2 rings (SSSR count). The molecule has 2 atom stereocenters. The Morgan fingerprint density at radius 1 is 1.25 bits per heavy atom. The Morgan fingerprint density at radius 2 is 1.94 bits per heavy atom. The molecule has 1 aromatic rings. The molecule has 0 spiro atoms. The van der Waals surface area contributed by atoms with Gasteiger partial charge in [0.15, 0.2) is 6.29 Å². The van der Waals surface area contributed by atoms with E-state index in [1.165, 1.54) is 5.56 Å². The summed E-state index contributed by atoms with van der Waals surface area (Å²) in [5, 5.41) is 0. The number of rotatable bonds is 3. The molecule has 1 aliphatic rings. The summed E-state index contributed by atoms with van der Waals surface area (Å²) >= 11 is 0. The highest BCUT2D eigenvalue weighted by Crippen LogP contribution is 2.32. The summed E-state index contributed by atoms with van der Waals surface area (Å²) in [5.74, 6) is 0. The molecule has 0 aliphatic carbocycles. The van der Waals surface area contributed by atoms with Gasteiger partial charge >= 0.3 is 0 Å². The molecule has 1 fully saturated rings. The molecule has 0 saturated carbocycles. The lowest BCUT2D eigenvalue weighted by atomic mass is 9.85. The van der Waals surface area contributed by atoms with E-state index in [-0.39, 0.29) is 17.8 Å². The number of hydrogen-bond donors (Lipinski definition) is 0. The minimum atomic E-state index is -0.0808. The molecule has 0 radical (unpaired) electrons. The van der Waals surface area contributed by atoms with Crippen molar-refractivity contribution in [2.45, 2.75) is 39.6 Å². The van der Waals surface area contributed by atoms with Crippen LogP contribution in [0.5, 0.6) is 0 Å². The maximum absolute atomic E-state index is 5.78. The Labute approximate surface area is 97.6 Å². The van der Waals surface area contributed by atoms with E-state index < -0.39 is 0 Å². The highest BCUT2D eigenvalue weighted by atomic mass is 16.7. The van der Waals surface area contributed by atoms with Gasteiger partial charge in [0.2, 0.25) is 0 Å². The lowest BCUT2D eigenvalue weighted by Crippen LogP contribution is -2.32. The van der Waals surface area contributed by atoms with Gasteiger partial charge in [0, 0.05) is 5.41 Å². The van der Waals surface area contributed by atoms with E-state index >= 15 is 0 Å². The van der Waals surface area contributed by atoms with Crippen LogP contribution in [-0.4, -0.2) is 19.0 Å². The number of ether oxygens (including phenoxy) is 2. The fraction of sp³-hybridized carbons (Fsp3) is 0.571. The summed E-state index contributed by atoms with van der Waals surface area (Å²) in [5.41, 5.74) is 1.35. The largest absolute Gasteiger partial charge is 0.349 e. The summed E-state index contributed by atoms with van der Waals surface area (Å²) < 4.78 is 11.5. The summed E-state index contributed by atoms with van der Waals surface area (Å²) in [6, 6.07) is 10.5. The average molecular weight is 220 g/mol. The third-order valence-electron chi connectivity index (χ3n) is 2.98. The van der Waals surface area contributed by atoms with Crippen molar-refractivity contribution in [3.8, 4) is 0 Å². The maximum Gasteiger partial charge on any atom is 0.163 e. The Hall–Kier alpha value is -0.860. The van der Waals surface area contributed by atoms with E-state index in [4.69, 9.17) is 9.47 Å². The zero-order valence-corrected chi connectivity index (χ0v) is 10.3. The molecule has 2 heteroatoms. The van der Waals surface area contributed by atoms with Crippen LogP contribution in [-0.2, 0) is 15.9 Å². The third-order valence-corrected chi connectivity index (χ3v) is 2.98. The summed E-state index contributed by atoms with van der Waals surface area (Å²) in [6.45, 7) is 7.16. The van der Waals surface area contributed by atoms with Gasteiger partial charge in [-0.3, -0.25) is 0 Å². The van der Waals surface area contributed by atoms with Gasteiger partial charge in [0.1, 0.15) is 0 Å². The second-order valence-corrected chi connectivity index (χ2v) is 5.26. The lowest BCUT2D eigenvalue weighted by molar-refractivity contribution is -0.128. The predicted octanol–water partition coefficient (Wildman–Crippen LogP) is 3.02. The van der Waals surface area contributed by atoms with Crippen molar-refractivity contribution in [1.82, 2.24) is 0 Å². The van der Waals surface area contributed by atoms with Gasteiger partial charge in [-0.05, 0) is 18.9 Å². The molecular weight excluding hydrogens is 200 g/mol. The Morgan fingerprint density at radius 3 is 2.50 bits per heavy atom. The van der Waals surface area contributed by atoms with E-state index in [1.54, 1.807) is 0 Å². The molecule has 0 N–H and O–H groups in total. The zero-order valence-electron chi connectivity index (χ0n) is 10.3. The number of hydrogen-bond acceptors (Lipinski definition) is 2. The summed E-state index contributed by atoms with van der Waals surface area (Å²) in [7, 11) is 0. The van der Waals surface area contributed by atoms with Gasteiger partial charge in [-0.25, -0.2) is 0 Å². The molecule has 1 aromatic carbocycles. The van der Waals surface area contributed by atoms with Crippen LogP contribution in [0, 0.1) is 5.41 Å². The van der Waals surface area contributed by atoms with Crippen molar-refractivity contribution in [3.63, 3.8) is 0 Å². The molecule has 1 saturated heterocycles. The van der Waals surface area contributed by atoms with Crippen LogP contribution in [0.25, 0.3) is 0 Å². The minimum absolute atomic E-state index is 0.0200. The SMILES string of the molecule is CC1COC(C(C)(C)Cc2ccccc2)O1. The maximum atomic E-state index is 5.78. The molecule has 2 nitrogen and oxygen atoms in total. The Bertz CT molecular complexity index is 332. The highest BCUT2D eigenvalue weighted by Gasteiger charge is 2.36. The van der Waals surface area contributed by atoms with Crippen LogP contribution in [0.4, 0.5) is 0 Å². The van der Waals surface area contributed by atoms with Crippen LogP contribution < -0.4 is 0 Å². The molecule has 16 heavy (non-hydrogen) atoms. The first-order chi connectivity index (χ1) is 7.58. The van der Waals surface area contributed by atoms with Gasteiger partial charge in [-0.1, -0.05) is 44.2 Å². The molecule has 1 heterocycles. The third kappa shape index (κ3) is 2.63.